The van der Waals surface area contributed by atoms with Gasteiger partial charge in [0.05, 0.1) is 30.2 Å². The summed E-state index contributed by atoms with van der Waals surface area (Å²) in [5, 5.41) is 0. The Bertz CT molecular complexity index is 1320. The number of rotatable bonds is 4. The summed E-state index contributed by atoms with van der Waals surface area (Å²) >= 11 is 0. The lowest BCUT2D eigenvalue weighted by molar-refractivity contribution is -0.176. The minimum absolute atomic E-state index is 0.113. The van der Waals surface area contributed by atoms with Crippen molar-refractivity contribution in [3.8, 4) is 5.69 Å². The summed E-state index contributed by atoms with van der Waals surface area (Å²) in [4.78, 5) is 38.1. The third-order valence-electron chi connectivity index (χ3n) is 6.60. The Morgan fingerprint density at radius 3 is 2.66 bits per heavy atom. The summed E-state index contributed by atoms with van der Waals surface area (Å²) in [6.07, 6.45) is -0.333. The van der Waals surface area contributed by atoms with E-state index in [-0.39, 0.29) is 31.0 Å². The number of halogens is 3. The predicted molar refractivity (Wildman–Crippen MR) is 123 cm³/mol. The average Bonchev–Trinajstić information content (AvgIpc) is 3.27. The summed E-state index contributed by atoms with van der Waals surface area (Å²) in [6, 6.07) is 8.46. The number of carbonyl (C=O) groups is 1. The van der Waals surface area contributed by atoms with E-state index in [4.69, 9.17) is 0 Å². The Morgan fingerprint density at radius 2 is 1.91 bits per heavy atom. The van der Waals surface area contributed by atoms with E-state index in [0.29, 0.717) is 48.9 Å². The molecule has 11 heteroatoms. The number of hydrogen-bond acceptors (Lipinski definition) is 5. The summed E-state index contributed by atoms with van der Waals surface area (Å²) in [5.41, 5.74) is 1.82. The van der Waals surface area contributed by atoms with Gasteiger partial charge in [0.2, 0.25) is 0 Å². The molecule has 3 aromatic heterocycles. The number of pyridine rings is 2. The Kier molecular flexibility index (Phi) is 5.86. The molecule has 0 radical (unpaired) electrons. The second-order valence-corrected chi connectivity index (χ2v) is 9.02. The van der Waals surface area contributed by atoms with Crippen molar-refractivity contribution >= 4 is 11.7 Å². The van der Waals surface area contributed by atoms with Crippen molar-refractivity contribution in [1.82, 2.24) is 24.0 Å². The molecule has 2 aliphatic heterocycles. The number of hydrogen-bond donors (Lipinski definition) is 0. The second kappa shape index (κ2) is 8.86. The van der Waals surface area contributed by atoms with Crippen molar-refractivity contribution in [2.75, 3.05) is 24.5 Å². The molecule has 1 fully saturated rings. The van der Waals surface area contributed by atoms with Crippen LogP contribution in [-0.4, -0.2) is 55.7 Å². The van der Waals surface area contributed by atoms with E-state index in [9.17, 15) is 22.8 Å². The maximum Gasteiger partial charge on any atom is 0.393 e. The van der Waals surface area contributed by atoms with Gasteiger partial charge in [-0.15, -0.1) is 0 Å². The Hall–Kier alpha value is -3.63. The first-order valence-corrected chi connectivity index (χ1v) is 11.5. The zero-order valence-electron chi connectivity index (χ0n) is 19.2. The predicted octanol–water partition coefficient (Wildman–Crippen LogP) is 3.17. The molecule has 1 amide bonds. The SMILES string of the molecule is Cc1cn(-c2ccc3n(c2=O)CCN(Cc2cccc(N4CCC[C@H](C(F)(F)F)C4)n2)C3=O)cn1. The van der Waals surface area contributed by atoms with Crippen molar-refractivity contribution in [3.05, 3.63) is 70.3 Å². The maximum atomic E-state index is 13.2. The second-order valence-electron chi connectivity index (χ2n) is 9.02. The molecule has 0 unspecified atom stereocenters. The van der Waals surface area contributed by atoms with Gasteiger partial charge in [-0.05, 0) is 44.0 Å². The van der Waals surface area contributed by atoms with Crippen molar-refractivity contribution < 1.29 is 18.0 Å². The van der Waals surface area contributed by atoms with E-state index >= 15 is 0 Å². The van der Waals surface area contributed by atoms with Gasteiger partial charge in [0.15, 0.2) is 0 Å². The van der Waals surface area contributed by atoms with Crippen LogP contribution in [0.3, 0.4) is 0 Å². The number of piperidine rings is 1. The smallest absolute Gasteiger partial charge is 0.356 e. The molecule has 0 aromatic carbocycles. The molecule has 2 aliphatic rings. The minimum Gasteiger partial charge on any atom is -0.356 e. The number of aromatic nitrogens is 4. The van der Waals surface area contributed by atoms with Gasteiger partial charge in [0.1, 0.15) is 17.2 Å². The topological polar surface area (TPSA) is 76.3 Å². The standard InChI is InChI=1S/C24H25F3N6O2/c1-16-12-32(15-28-16)19-7-8-20-22(34)31(10-11-33(20)23(19)35)14-18-5-2-6-21(29-18)30-9-3-4-17(13-30)24(25,26)27/h2,5-8,12,15,17H,3-4,9-11,13-14H2,1H3/t17-/m0/s1. The van der Waals surface area contributed by atoms with Gasteiger partial charge < -0.3 is 18.9 Å². The molecule has 0 aliphatic carbocycles. The van der Waals surface area contributed by atoms with Crippen molar-refractivity contribution in [3.63, 3.8) is 0 Å². The number of nitrogens with zero attached hydrogens (tertiary/aromatic N) is 6. The monoisotopic (exact) mass is 486 g/mol. The number of fused-ring (bicyclic) bond motifs is 1. The Labute approximate surface area is 199 Å². The summed E-state index contributed by atoms with van der Waals surface area (Å²) in [6.45, 7) is 3.10. The van der Waals surface area contributed by atoms with Crippen LogP contribution in [0.15, 0.2) is 47.7 Å². The van der Waals surface area contributed by atoms with E-state index in [2.05, 4.69) is 9.97 Å². The van der Waals surface area contributed by atoms with Gasteiger partial charge in [-0.1, -0.05) is 6.07 Å². The number of alkyl halides is 3. The van der Waals surface area contributed by atoms with Gasteiger partial charge >= 0.3 is 6.18 Å². The summed E-state index contributed by atoms with van der Waals surface area (Å²) in [5.74, 6) is -1.17. The fraction of sp³-hybridized carbons (Fsp3) is 0.417. The maximum absolute atomic E-state index is 13.2. The zero-order valence-corrected chi connectivity index (χ0v) is 19.2. The third-order valence-corrected chi connectivity index (χ3v) is 6.60. The molecule has 1 saturated heterocycles. The molecule has 3 aromatic rings. The van der Waals surface area contributed by atoms with Crippen LogP contribution in [0.5, 0.6) is 0 Å². The molecule has 0 N–H and O–H groups in total. The molecule has 5 heterocycles. The summed E-state index contributed by atoms with van der Waals surface area (Å²) < 4.78 is 42.8. The quantitative estimate of drug-likeness (QED) is 0.566. The molecule has 1 atom stereocenters. The van der Waals surface area contributed by atoms with Gasteiger partial charge in [0.25, 0.3) is 11.5 Å². The highest BCUT2D eigenvalue weighted by molar-refractivity contribution is 5.93. The van der Waals surface area contributed by atoms with Crippen LogP contribution in [0.4, 0.5) is 19.0 Å². The molecule has 0 bridgehead atoms. The lowest BCUT2D eigenvalue weighted by Gasteiger charge is -2.35. The fourth-order valence-electron chi connectivity index (χ4n) is 4.74. The fourth-order valence-corrected chi connectivity index (χ4v) is 4.74. The number of aryl methyl sites for hydroxylation is 1. The molecular formula is C24H25F3N6O2. The van der Waals surface area contributed by atoms with Crippen molar-refractivity contribution in [2.24, 2.45) is 5.92 Å². The first kappa shape index (κ1) is 23.1. The van der Waals surface area contributed by atoms with Crippen LogP contribution in [-0.2, 0) is 13.1 Å². The first-order chi connectivity index (χ1) is 16.7. The van der Waals surface area contributed by atoms with Crippen LogP contribution in [0, 0.1) is 12.8 Å². The van der Waals surface area contributed by atoms with E-state index in [0.717, 1.165) is 5.69 Å². The van der Waals surface area contributed by atoms with E-state index < -0.39 is 12.1 Å². The number of imidazole rings is 1. The highest BCUT2D eigenvalue weighted by atomic mass is 19.4. The van der Waals surface area contributed by atoms with E-state index in [1.807, 2.05) is 6.92 Å². The molecule has 8 nitrogen and oxygen atoms in total. The van der Waals surface area contributed by atoms with Gasteiger partial charge in [-0.25, -0.2) is 9.97 Å². The van der Waals surface area contributed by atoms with Crippen molar-refractivity contribution in [2.45, 2.75) is 39.0 Å². The van der Waals surface area contributed by atoms with Gasteiger partial charge in [-0.3, -0.25) is 9.59 Å². The van der Waals surface area contributed by atoms with Crippen LogP contribution in [0.1, 0.15) is 34.7 Å². The highest BCUT2D eigenvalue weighted by Gasteiger charge is 2.42. The highest BCUT2D eigenvalue weighted by Crippen LogP contribution is 2.34. The normalized spacial score (nSPS) is 18.6. The Balaban J connectivity index is 1.33. The first-order valence-electron chi connectivity index (χ1n) is 11.5. The van der Waals surface area contributed by atoms with Crippen LogP contribution < -0.4 is 10.5 Å². The molecule has 35 heavy (non-hydrogen) atoms. The van der Waals surface area contributed by atoms with E-state index in [1.54, 1.807) is 57.2 Å². The number of anilines is 1. The molecule has 0 spiro atoms. The average molecular weight is 486 g/mol. The minimum atomic E-state index is -4.22. The van der Waals surface area contributed by atoms with E-state index in [1.165, 1.54) is 4.57 Å². The number of carbonyl (C=O) groups excluding carboxylic acids is 1. The molecule has 5 rings (SSSR count). The Morgan fingerprint density at radius 1 is 1.09 bits per heavy atom. The van der Waals surface area contributed by atoms with Gasteiger partial charge in [0, 0.05) is 32.4 Å². The zero-order chi connectivity index (χ0) is 24.7. The third kappa shape index (κ3) is 4.54. The van der Waals surface area contributed by atoms with Crippen molar-refractivity contribution in [1.29, 1.82) is 0 Å². The largest absolute Gasteiger partial charge is 0.393 e. The molecule has 184 valence electrons. The number of amides is 1. The van der Waals surface area contributed by atoms with Gasteiger partial charge in [-0.2, -0.15) is 13.2 Å². The molecular weight excluding hydrogens is 461 g/mol. The lowest BCUT2D eigenvalue weighted by Crippen LogP contribution is -2.44. The lowest BCUT2D eigenvalue weighted by atomic mass is 9.97. The molecule has 0 saturated carbocycles. The van der Waals surface area contributed by atoms with Crippen LogP contribution in [0.2, 0.25) is 0 Å². The van der Waals surface area contributed by atoms with Crippen LogP contribution in [0.25, 0.3) is 5.69 Å². The van der Waals surface area contributed by atoms with Crippen LogP contribution >= 0.6 is 0 Å². The summed E-state index contributed by atoms with van der Waals surface area (Å²) in [7, 11) is 0.